The van der Waals surface area contributed by atoms with Crippen molar-refractivity contribution in [2.24, 2.45) is 11.8 Å². The maximum atomic E-state index is 11.1. The number of unbranched alkanes of at least 4 members (excludes halogenated alkanes) is 6. The summed E-state index contributed by atoms with van der Waals surface area (Å²) in [6.45, 7) is 3.99. The molecule has 0 bridgehead atoms. The molecule has 1 saturated carbocycles. The molecule has 3 rings (SSSR count). The van der Waals surface area contributed by atoms with E-state index < -0.39 is 16.2 Å². The Bertz CT molecular complexity index is 791. The van der Waals surface area contributed by atoms with Crippen LogP contribution in [0.2, 0.25) is 0 Å². The molecule has 1 N–H and O–H groups in total. The highest BCUT2D eigenvalue weighted by Gasteiger charge is 2.42. The van der Waals surface area contributed by atoms with Gasteiger partial charge in [0.2, 0.25) is 0 Å². The molecule has 9 heteroatoms. The Kier molecular flexibility index (Phi) is 16.0. The lowest BCUT2D eigenvalue weighted by Gasteiger charge is -2.30. The average molecular weight is 589 g/mol. The maximum Gasteiger partial charge on any atom is 0.264 e. The molecule has 0 aromatic carbocycles. The first-order chi connectivity index (χ1) is 19.4. The van der Waals surface area contributed by atoms with Gasteiger partial charge in [0.1, 0.15) is 0 Å². The Morgan fingerprint density at radius 3 is 2.30 bits per heavy atom. The van der Waals surface area contributed by atoms with E-state index in [1.54, 1.807) is 0 Å². The first-order valence-corrected chi connectivity index (χ1v) is 17.9. The van der Waals surface area contributed by atoms with Crippen LogP contribution in [0.25, 0.3) is 0 Å². The van der Waals surface area contributed by atoms with Crippen LogP contribution >= 0.6 is 0 Å². The van der Waals surface area contributed by atoms with E-state index in [0.29, 0.717) is 6.42 Å². The number of aliphatic hydroxyl groups is 1. The lowest BCUT2D eigenvalue weighted by Crippen LogP contribution is -2.31. The van der Waals surface area contributed by atoms with Gasteiger partial charge in [-0.25, -0.2) is 0 Å². The fourth-order valence-corrected chi connectivity index (χ4v) is 6.63. The molecule has 0 aromatic rings. The molecule has 2 saturated heterocycles. The summed E-state index contributed by atoms with van der Waals surface area (Å²) in [4.78, 5) is 0. The molecule has 8 nitrogen and oxygen atoms in total. The second-order valence-corrected chi connectivity index (χ2v) is 13.6. The maximum absolute atomic E-state index is 11.1. The fraction of sp³-hybridized carbons (Fsp3) is 0.935. The molecule has 0 radical (unpaired) electrons. The minimum absolute atomic E-state index is 0.00813. The molecule has 2 heterocycles. The topological polar surface area (TPSA) is 101 Å². The van der Waals surface area contributed by atoms with Crippen molar-refractivity contribution in [1.29, 1.82) is 0 Å². The van der Waals surface area contributed by atoms with Crippen LogP contribution in [0.15, 0.2) is 12.2 Å². The highest BCUT2D eigenvalue weighted by atomic mass is 32.2. The summed E-state index contributed by atoms with van der Waals surface area (Å²) in [5.41, 5.74) is 0. The lowest BCUT2D eigenvalue weighted by atomic mass is 9.87. The third-order valence-electron chi connectivity index (χ3n) is 8.44. The van der Waals surface area contributed by atoms with Gasteiger partial charge < -0.3 is 24.1 Å². The Morgan fingerprint density at radius 1 is 0.925 bits per heavy atom. The molecule has 40 heavy (non-hydrogen) atoms. The number of hydrogen-bond acceptors (Lipinski definition) is 8. The van der Waals surface area contributed by atoms with Crippen LogP contribution in [0.4, 0.5) is 0 Å². The molecule has 3 aliphatic rings. The van der Waals surface area contributed by atoms with Crippen molar-refractivity contribution in [3.63, 3.8) is 0 Å². The first kappa shape index (κ1) is 33.9. The van der Waals surface area contributed by atoms with Crippen molar-refractivity contribution in [2.75, 3.05) is 26.1 Å². The smallest absolute Gasteiger partial charge is 0.264 e. The molecule has 0 spiro atoms. The Hall–Kier alpha value is -0.550. The van der Waals surface area contributed by atoms with E-state index in [9.17, 15) is 13.5 Å². The van der Waals surface area contributed by atoms with Crippen LogP contribution in [0.1, 0.15) is 116 Å². The molecule has 3 unspecified atom stereocenters. The van der Waals surface area contributed by atoms with Crippen molar-refractivity contribution in [3.05, 3.63) is 12.2 Å². The van der Waals surface area contributed by atoms with E-state index in [1.807, 2.05) is 0 Å². The minimum atomic E-state index is -3.36. The number of hydrogen-bond donors (Lipinski definition) is 1. The van der Waals surface area contributed by atoms with Crippen LogP contribution in [0.5, 0.6) is 0 Å². The van der Waals surface area contributed by atoms with Crippen LogP contribution in [-0.2, 0) is 33.2 Å². The molecule has 0 aromatic heterocycles. The Morgan fingerprint density at radius 2 is 1.62 bits per heavy atom. The van der Waals surface area contributed by atoms with Gasteiger partial charge in [0.15, 0.2) is 12.6 Å². The first-order valence-electron chi connectivity index (χ1n) is 16.1. The highest BCUT2D eigenvalue weighted by Crippen LogP contribution is 2.40. The standard InChI is InChI=1S/C31H56O8S/c1-3-4-8-15-25(38-30-17-10-13-21-35-30)19-20-27-26(16-9-6-5-7-12-23-37-40(2,33)34)28(32)24-29(27)39-31-18-11-14-22-36-31/h19-20,25-32H,3-18,21-24H2,1-2H3/b20-19+/t25-,26+,27+,28?,29+,30?,31?/m0/s1. The van der Waals surface area contributed by atoms with Gasteiger partial charge in [0.25, 0.3) is 10.1 Å². The molecular weight excluding hydrogens is 532 g/mol. The molecule has 234 valence electrons. The van der Waals surface area contributed by atoms with Crippen molar-refractivity contribution in [2.45, 2.75) is 147 Å². The van der Waals surface area contributed by atoms with Gasteiger partial charge in [-0.2, -0.15) is 8.42 Å². The zero-order valence-corrected chi connectivity index (χ0v) is 25.9. The summed E-state index contributed by atoms with van der Waals surface area (Å²) >= 11 is 0. The van der Waals surface area contributed by atoms with Gasteiger partial charge in [0.05, 0.1) is 31.2 Å². The quantitative estimate of drug-likeness (QED) is 0.107. The third kappa shape index (κ3) is 13.2. The van der Waals surface area contributed by atoms with E-state index in [4.69, 9.17) is 23.1 Å². The SMILES string of the molecule is CCCCC[C@@H](/C=C/[C@H]1[C@H](OC2CCCCO2)CC(O)[C@@H]1CCCCCCCOS(C)(=O)=O)OC1CCCCO1. The molecule has 2 aliphatic heterocycles. The predicted molar refractivity (Wildman–Crippen MR) is 156 cm³/mol. The molecule has 3 fully saturated rings. The highest BCUT2D eigenvalue weighted by molar-refractivity contribution is 7.85. The predicted octanol–water partition coefficient (Wildman–Crippen LogP) is 6.26. The number of rotatable bonds is 19. The summed E-state index contributed by atoms with van der Waals surface area (Å²) in [7, 11) is -3.36. The number of ether oxygens (including phenoxy) is 4. The average Bonchev–Trinajstić information content (AvgIpc) is 3.22. The summed E-state index contributed by atoms with van der Waals surface area (Å²) in [5.74, 6) is 0.258. The fourth-order valence-electron chi connectivity index (χ4n) is 6.21. The zero-order valence-electron chi connectivity index (χ0n) is 25.1. The van der Waals surface area contributed by atoms with Crippen molar-refractivity contribution < 1.29 is 36.7 Å². The Labute approximate surface area is 243 Å². The van der Waals surface area contributed by atoms with Crippen LogP contribution in [-0.4, -0.2) is 70.5 Å². The summed E-state index contributed by atoms with van der Waals surface area (Å²) in [6.07, 6.45) is 22.0. The van der Waals surface area contributed by atoms with Gasteiger partial charge in [-0.3, -0.25) is 4.18 Å². The van der Waals surface area contributed by atoms with E-state index in [-0.39, 0.29) is 43.2 Å². The molecule has 0 amide bonds. The second kappa shape index (κ2) is 18.9. The largest absolute Gasteiger partial charge is 0.393 e. The van der Waals surface area contributed by atoms with Crippen molar-refractivity contribution >= 4 is 10.1 Å². The molecular formula is C31H56O8S. The van der Waals surface area contributed by atoms with E-state index in [1.165, 1.54) is 12.8 Å². The third-order valence-corrected chi connectivity index (χ3v) is 9.03. The number of aliphatic hydroxyl groups excluding tert-OH is 1. The van der Waals surface area contributed by atoms with Crippen LogP contribution in [0.3, 0.4) is 0 Å². The van der Waals surface area contributed by atoms with Gasteiger partial charge in [-0.05, 0) is 63.7 Å². The van der Waals surface area contributed by atoms with Gasteiger partial charge in [-0.15, -0.1) is 0 Å². The normalized spacial score (nSPS) is 30.7. The summed E-state index contributed by atoms with van der Waals surface area (Å²) in [5, 5.41) is 11.1. The summed E-state index contributed by atoms with van der Waals surface area (Å²) < 4.78 is 51.7. The van der Waals surface area contributed by atoms with Gasteiger partial charge >= 0.3 is 0 Å². The van der Waals surface area contributed by atoms with E-state index >= 15 is 0 Å². The summed E-state index contributed by atoms with van der Waals surface area (Å²) in [6, 6.07) is 0. The second-order valence-electron chi connectivity index (χ2n) is 11.9. The van der Waals surface area contributed by atoms with Crippen molar-refractivity contribution in [1.82, 2.24) is 0 Å². The molecule has 1 aliphatic carbocycles. The van der Waals surface area contributed by atoms with Crippen molar-refractivity contribution in [3.8, 4) is 0 Å². The van der Waals surface area contributed by atoms with E-state index in [0.717, 1.165) is 109 Å². The lowest BCUT2D eigenvalue weighted by molar-refractivity contribution is -0.193. The minimum Gasteiger partial charge on any atom is -0.393 e. The van der Waals surface area contributed by atoms with Crippen LogP contribution in [0, 0.1) is 11.8 Å². The van der Waals surface area contributed by atoms with Crippen LogP contribution < -0.4 is 0 Å². The molecule has 7 atom stereocenters. The van der Waals surface area contributed by atoms with Gasteiger partial charge in [0, 0.05) is 25.6 Å². The monoisotopic (exact) mass is 588 g/mol. The zero-order chi connectivity index (χ0) is 28.6. The van der Waals surface area contributed by atoms with E-state index in [2.05, 4.69) is 19.1 Å². The van der Waals surface area contributed by atoms with Gasteiger partial charge in [-0.1, -0.05) is 64.0 Å². The Balaban J connectivity index is 1.57.